The number of carbonyl (C=O) groups excluding carboxylic acids is 1. The van der Waals surface area contributed by atoms with Crippen LogP contribution in [0.1, 0.15) is 50.8 Å². The SMILES string of the molecule is Cc1nc2ccccc2n1CC1CCN(C(=O)CC2CCCC2)CC1. The van der Waals surface area contributed by atoms with Gasteiger partial charge in [0.15, 0.2) is 0 Å². The van der Waals surface area contributed by atoms with Gasteiger partial charge < -0.3 is 9.47 Å². The van der Waals surface area contributed by atoms with Crippen molar-refractivity contribution in [1.29, 1.82) is 0 Å². The molecule has 0 spiro atoms. The summed E-state index contributed by atoms with van der Waals surface area (Å²) in [5.41, 5.74) is 2.32. The van der Waals surface area contributed by atoms with Crippen LogP contribution in [0.2, 0.25) is 0 Å². The molecule has 4 nitrogen and oxygen atoms in total. The normalized spacial score (nSPS) is 19.8. The number of benzene rings is 1. The zero-order chi connectivity index (χ0) is 17.2. The average Bonchev–Trinajstić information content (AvgIpc) is 3.24. The first-order valence-corrected chi connectivity index (χ1v) is 9.90. The topological polar surface area (TPSA) is 38.1 Å². The van der Waals surface area contributed by atoms with Gasteiger partial charge in [0.25, 0.3) is 0 Å². The summed E-state index contributed by atoms with van der Waals surface area (Å²) in [6.07, 6.45) is 8.17. The fourth-order valence-corrected chi connectivity index (χ4v) is 4.64. The molecule has 0 N–H and O–H groups in total. The average molecular weight is 339 g/mol. The lowest BCUT2D eigenvalue weighted by Crippen LogP contribution is -2.39. The summed E-state index contributed by atoms with van der Waals surface area (Å²) in [4.78, 5) is 19.3. The molecule has 0 bridgehead atoms. The van der Waals surface area contributed by atoms with E-state index >= 15 is 0 Å². The lowest BCUT2D eigenvalue weighted by Gasteiger charge is -2.33. The van der Waals surface area contributed by atoms with E-state index in [1.165, 1.54) is 31.2 Å². The van der Waals surface area contributed by atoms with Gasteiger partial charge in [0.05, 0.1) is 11.0 Å². The highest BCUT2D eigenvalue weighted by Gasteiger charge is 2.26. The maximum Gasteiger partial charge on any atom is 0.222 e. The summed E-state index contributed by atoms with van der Waals surface area (Å²) in [5, 5.41) is 0. The molecule has 0 radical (unpaired) electrons. The smallest absolute Gasteiger partial charge is 0.222 e. The van der Waals surface area contributed by atoms with E-state index in [9.17, 15) is 4.79 Å². The van der Waals surface area contributed by atoms with Crippen LogP contribution in [0.5, 0.6) is 0 Å². The molecule has 0 atom stereocenters. The number of hydrogen-bond donors (Lipinski definition) is 0. The molecule has 4 rings (SSSR count). The van der Waals surface area contributed by atoms with Crippen molar-refractivity contribution in [2.24, 2.45) is 11.8 Å². The van der Waals surface area contributed by atoms with Gasteiger partial charge in [-0.05, 0) is 56.6 Å². The molecule has 4 heteroatoms. The van der Waals surface area contributed by atoms with Crippen molar-refractivity contribution >= 4 is 16.9 Å². The second kappa shape index (κ2) is 7.19. The quantitative estimate of drug-likeness (QED) is 0.839. The van der Waals surface area contributed by atoms with E-state index in [1.807, 2.05) is 6.07 Å². The summed E-state index contributed by atoms with van der Waals surface area (Å²) in [6.45, 7) is 4.99. The number of rotatable bonds is 4. The van der Waals surface area contributed by atoms with Crippen LogP contribution in [0.25, 0.3) is 11.0 Å². The highest BCUT2D eigenvalue weighted by molar-refractivity contribution is 5.77. The third-order valence-corrected chi connectivity index (χ3v) is 6.19. The highest BCUT2D eigenvalue weighted by atomic mass is 16.2. The molecule has 2 aromatic rings. The number of likely N-dealkylation sites (tertiary alicyclic amines) is 1. The van der Waals surface area contributed by atoms with Crippen molar-refractivity contribution in [2.45, 2.75) is 58.4 Å². The number of nitrogens with zero attached hydrogens (tertiary/aromatic N) is 3. The number of piperidine rings is 1. The minimum absolute atomic E-state index is 0.398. The van der Waals surface area contributed by atoms with E-state index < -0.39 is 0 Å². The molecule has 1 amide bonds. The molecule has 2 fully saturated rings. The Kier molecular flexibility index (Phi) is 4.78. The number of aromatic nitrogens is 2. The third kappa shape index (κ3) is 3.58. The first-order chi connectivity index (χ1) is 12.2. The molecule has 1 aromatic heterocycles. The fraction of sp³-hybridized carbons (Fsp3) is 0.619. The molecular weight excluding hydrogens is 310 g/mol. The first kappa shape index (κ1) is 16.6. The molecule has 1 saturated heterocycles. The Morgan fingerprint density at radius 3 is 2.56 bits per heavy atom. The molecule has 1 aromatic carbocycles. The monoisotopic (exact) mass is 339 g/mol. The first-order valence-electron chi connectivity index (χ1n) is 9.90. The van der Waals surface area contributed by atoms with Crippen LogP contribution in [0.3, 0.4) is 0 Å². The molecule has 2 aliphatic rings. The van der Waals surface area contributed by atoms with Crippen LogP contribution in [0.4, 0.5) is 0 Å². The summed E-state index contributed by atoms with van der Waals surface area (Å²) < 4.78 is 2.36. The predicted molar refractivity (Wildman–Crippen MR) is 100 cm³/mol. The Labute approximate surface area is 150 Å². The number of aryl methyl sites for hydroxylation is 1. The van der Waals surface area contributed by atoms with Crippen LogP contribution in [-0.2, 0) is 11.3 Å². The van der Waals surface area contributed by atoms with Gasteiger partial charge >= 0.3 is 0 Å². The Hall–Kier alpha value is -1.84. The van der Waals surface area contributed by atoms with Crippen molar-refractivity contribution in [1.82, 2.24) is 14.5 Å². The van der Waals surface area contributed by atoms with E-state index in [0.717, 1.165) is 50.2 Å². The van der Waals surface area contributed by atoms with Gasteiger partial charge in [0.2, 0.25) is 5.91 Å². The fourth-order valence-electron chi connectivity index (χ4n) is 4.64. The van der Waals surface area contributed by atoms with Gasteiger partial charge in [-0.3, -0.25) is 4.79 Å². The van der Waals surface area contributed by atoms with Gasteiger partial charge in [-0.25, -0.2) is 4.98 Å². The van der Waals surface area contributed by atoms with Gasteiger partial charge in [-0.2, -0.15) is 0 Å². The van der Waals surface area contributed by atoms with E-state index in [0.29, 0.717) is 17.7 Å². The maximum atomic E-state index is 12.5. The largest absolute Gasteiger partial charge is 0.343 e. The van der Waals surface area contributed by atoms with Crippen LogP contribution >= 0.6 is 0 Å². The lowest BCUT2D eigenvalue weighted by atomic mass is 9.95. The zero-order valence-corrected chi connectivity index (χ0v) is 15.3. The van der Waals surface area contributed by atoms with Crippen LogP contribution in [0.15, 0.2) is 24.3 Å². The summed E-state index contributed by atoms with van der Waals surface area (Å²) in [5.74, 6) is 2.80. The van der Waals surface area contributed by atoms with Crippen LogP contribution < -0.4 is 0 Å². The molecular formula is C21H29N3O. The second-order valence-electron chi connectivity index (χ2n) is 7.94. The number of carbonyl (C=O) groups is 1. The Morgan fingerprint density at radius 2 is 1.80 bits per heavy atom. The maximum absolute atomic E-state index is 12.5. The molecule has 134 valence electrons. The van der Waals surface area contributed by atoms with Crippen molar-refractivity contribution in [2.75, 3.05) is 13.1 Å². The van der Waals surface area contributed by atoms with Gasteiger partial charge in [-0.15, -0.1) is 0 Å². The standard InChI is InChI=1S/C21H29N3O/c1-16-22-19-8-4-5-9-20(19)24(16)15-18-10-12-23(13-11-18)21(25)14-17-6-2-3-7-17/h4-5,8-9,17-18H,2-3,6-7,10-15H2,1H3. The van der Waals surface area contributed by atoms with Crippen molar-refractivity contribution in [3.05, 3.63) is 30.1 Å². The van der Waals surface area contributed by atoms with Crippen molar-refractivity contribution in [3.63, 3.8) is 0 Å². The number of imidazole rings is 1. The zero-order valence-electron chi connectivity index (χ0n) is 15.3. The Balaban J connectivity index is 1.34. The lowest BCUT2D eigenvalue weighted by molar-refractivity contribution is -0.133. The number of amides is 1. The molecule has 0 unspecified atom stereocenters. The van der Waals surface area contributed by atoms with Crippen LogP contribution in [-0.4, -0.2) is 33.4 Å². The molecule has 1 aliphatic carbocycles. The van der Waals surface area contributed by atoms with E-state index in [2.05, 4.69) is 39.6 Å². The molecule has 25 heavy (non-hydrogen) atoms. The number of para-hydroxylation sites is 2. The molecule has 2 heterocycles. The Morgan fingerprint density at radius 1 is 1.08 bits per heavy atom. The summed E-state index contributed by atoms with van der Waals surface area (Å²) in [6, 6.07) is 8.39. The minimum Gasteiger partial charge on any atom is -0.343 e. The van der Waals surface area contributed by atoms with Crippen LogP contribution in [0, 0.1) is 18.8 Å². The predicted octanol–water partition coefficient (Wildman–Crippen LogP) is 4.16. The minimum atomic E-state index is 0.398. The van der Waals surface area contributed by atoms with Gasteiger partial charge in [0, 0.05) is 26.1 Å². The summed E-state index contributed by atoms with van der Waals surface area (Å²) >= 11 is 0. The van der Waals surface area contributed by atoms with E-state index in [1.54, 1.807) is 0 Å². The highest BCUT2D eigenvalue weighted by Crippen LogP contribution is 2.29. The number of fused-ring (bicyclic) bond motifs is 1. The van der Waals surface area contributed by atoms with E-state index in [4.69, 9.17) is 0 Å². The molecule has 1 saturated carbocycles. The summed E-state index contributed by atoms with van der Waals surface area (Å²) in [7, 11) is 0. The van der Waals surface area contributed by atoms with Gasteiger partial charge in [-0.1, -0.05) is 25.0 Å². The molecule has 1 aliphatic heterocycles. The van der Waals surface area contributed by atoms with Gasteiger partial charge in [0.1, 0.15) is 5.82 Å². The van der Waals surface area contributed by atoms with E-state index in [-0.39, 0.29) is 0 Å². The van der Waals surface area contributed by atoms with Crippen molar-refractivity contribution < 1.29 is 4.79 Å². The second-order valence-corrected chi connectivity index (χ2v) is 7.94. The number of hydrogen-bond acceptors (Lipinski definition) is 2. The van der Waals surface area contributed by atoms with Crippen molar-refractivity contribution in [3.8, 4) is 0 Å². The third-order valence-electron chi connectivity index (χ3n) is 6.19. The Bertz CT molecular complexity index is 737.